The lowest BCUT2D eigenvalue weighted by Gasteiger charge is -2.13. The molecule has 1 aromatic heterocycles. The van der Waals surface area contributed by atoms with Gasteiger partial charge in [-0.05, 0) is 53.9 Å². The van der Waals surface area contributed by atoms with Crippen LogP contribution in [0.1, 0.15) is 22.8 Å². The summed E-state index contributed by atoms with van der Waals surface area (Å²) >= 11 is 18.4. The predicted molar refractivity (Wildman–Crippen MR) is 122 cm³/mol. The maximum absolute atomic E-state index is 10.8. The highest BCUT2D eigenvalue weighted by Crippen LogP contribution is 2.27. The van der Waals surface area contributed by atoms with E-state index < -0.39 is 6.10 Å². The van der Waals surface area contributed by atoms with E-state index >= 15 is 0 Å². The molecule has 0 bridgehead atoms. The minimum Gasteiger partial charge on any atom is -0.387 e. The minimum atomic E-state index is -0.845. The lowest BCUT2D eigenvalue weighted by atomic mass is 10.1. The van der Waals surface area contributed by atoms with Crippen molar-refractivity contribution in [2.24, 2.45) is 0 Å². The summed E-state index contributed by atoms with van der Waals surface area (Å²) in [6.07, 6.45) is -0.845. The van der Waals surface area contributed by atoms with Gasteiger partial charge in [0.2, 0.25) is 5.62 Å². The SMILES string of the molecule is Cc1ccccc1Cn1c(=N)n(CC(O)c2ccc(Cl)c(Cl)c2)c2ccc(Cl)cc21. The first-order valence-electron chi connectivity index (χ1n) is 9.46. The molecule has 0 saturated carbocycles. The first kappa shape index (κ1) is 21.0. The molecule has 154 valence electrons. The Balaban J connectivity index is 1.78. The molecule has 0 radical (unpaired) electrons. The largest absolute Gasteiger partial charge is 0.387 e. The molecule has 1 unspecified atom stereocenters. The van der Waals surface area contributed by atoms with Crippen molar-refractivity contribution in [2.45, 2.75) is 26.1 Å². The van der Waals surface area contributed by atoms with Crippen LogP contribution < -0.4 is 5.62 Å². The topological polar surface area (TPSA) is 53.9 Å². The molecule has 4 rings (SSSR count). The molecule has 7 heteroatoms. The van der Waals surface area contributed by atoms with Gasteiger partial charge in [-0.3, -0.25) is 5.41 Å². The number of halogens is 3. The van der Waals surface area contributed by atoms with E-state index in [1.165, 1.54) is 0 Å². The van der Waals surface area contributed by atoms with Gasteiger partial charge >= 0.3 is 0 Å². The fourth-order valence-corrected chi connectivity index (χ4v) is 4.09. The average molecular weight is 461 g/mol. The number of rotatable bonds is 5. The molecule has 2 N–H and O–H groups in total. The van der Waals surface area contributed by atoms with E-state index in [4.69, 9.17) is 40.2 Å². The van der Waals surface area contributed by atoms with Gasteiger partial charge in [0.15, 0.2) is 0 Å². The fraction of sp³-hybridized carbons (Fsp3) is 0.174. The highest BCUT2D eigenvalue weighted by molar-refractivity contribution is 6.42. The van der Waals surface area contributed by atoms with Gasteiger partial charge in [-0.2, -0.15) is 0 Å². The molecule has 4 nitrogen and oxygen atoms in total. The van der Waals surface area contributed by atoms with Crippen molar-refractivity contribution in [3.8, 4) is 0 Å². The number of aromatic nitrogens is 2. The third kappa shape index (κ3) is 4.01. The normalized spacial score (nSPS) is 12.4. The third-order valence-electron chi connectivity index (χ3n) is 5.30. The Morgan fingerprint density at radius 3 is 2.40 bits per heavy atom. The summed E-state index contributed by atoms with van der Waals surface area (Å²) in [5.41, 5.74) is 4.89. The molecular formula is C23H20Cl3N3O. The summed E-state index contributed by atoms with van der Waals surface area (Å²) in [5.74, 6) is 0. The maximum atomic E-state index is 10.8. The van der Waals surface area contributed by atoms with E-state index in [0.717, 1.165) is 22.2 Å². The fourth-order valence-electron chi connectivity index (χ4n) is 3.62. The zero-order valence-electron chi connectivity index (χ0n) is 16.2. The Kier molecular flexibility index (Phi) is 5.94. The van der Waals surface area contributed by atoms with E-state index in [1.54, 1.807) is 28.8 Å². The van der Waals surface area contributed by atoms with Crippen molar-refractivity contribution in [3.63, 3.8) is 0 Å². The molecule has 3 aromatic carbocycles. The first-order chi connectivity index (χ1) is 14.3. The van der Waals surface area contributed by atoms with Crippen LogP contribution in [0.5, 0.6) is 0 Å². The molecule has 0 spiro atoms. The molecule has 0 amide bonds. The lowest BCUT2D eigenvalue weighted by molar-refractivity contribution is 0.156. The number of fused-ring (bicyclic) bond motifs is 1. The first-order valence-corrected chi connectivity index (χ1v) is 10.6. The average Bonchev–Trinajstić information content (AvgIpc) is 2.96. The van der Waals surface area contributed by atoms with Crippen molar-refractivity contribution in [3.05, 3.63) is 98.0 Å². The smallest absolute Gasteiger partial charge is 0.203 e. The minimum absolute atomic E-state index is 0.204. The molecule has 1 atom stereocenters. The van der Waals surface area contributed by atoms with E-state index in [-0.39, 0.29) is 12.2 Å². The van der Waals surface area contributed by atoms with Gasteiger partial charge in [0.05, 0.1) is 40.3 Å². The van der Waals surface area contributed by atoms with Crippen molar-refractivity contribution in [2.75, 3.05) is 0 Å². The second-order valence-corrected chi connectivity index (χ2v) is 8.52. The zero-order chi connectivity index (χ0) is 21.4. The Labute approximate surface area is 189 Å². The second-order valence-electron chi connectivity index (χ2n) is 7.27. The number of aliphatic hydroxyl groups is 1. The number of benzene rings is 3. The molecule has 4 aromatic rings. The number of hydrogen-bond acceptors (Lipinski definition) is 2. The summed E-state index contributed by atoms with van der Waals surface area (Å²) < 4.78 is 3.70. The van der Waals surface area contributed by atoms with Crippen LogP contribution in [0.25, 0.3) is 11.0 Å². The Morgan fingerprint density at radius 1 is 0.900 bits per heavy atom. The van der Waals surface area contributed by atoms with Crippen molar-refractivity contribution < 1.29 is 5.11 Å². The van der Waals surface area contributed by atoms with Crippen LogP contribution in [-0.4, -0.2) is 14.2 Å². The molecule has 0 saturated heterocycles. The Hall–Kier alpha value is -2.24. The standard InChI is InChI=1S/C23H20Cl3N3O/c1-14-4-2-3-5-16(14)12-28-21-11-17(24)7-9-20(21)29(23(28)27)13-22(30)15-6-8-18(25)19(26)10-15/h2-11,22,27,30H,12-13H2,1H3. The number of hydrogen-bond donors (Lipinski definition) is 2. The number of nitrogens with one attached hydrogen (secondary N) is 1. The summed E-state index contributed by atoms with van der Waals surface area (Å²) in [7, 11) is 0. The van der Waals surface area contributed by atoms with Gasteiger partial charge in [-0.1, -0.05) is 65.1 Å². The van der Waals surface area contributed by atoms with Crippen molar-refractivity contribution in [1.29, 1.82) is 5.41 Å². The van der Waals surface area contributed by atoms with Crippen molar-refractivity contribution >= 4 is 45.8 Å². The summed E-state index contributed by atoms with van der Waals surface area (Å²) in [6.45, 7) is 2.80. The number of nitrogens with zero attached hydrogens (tertiary/aromatic N) is 2. The van der Waals surface area contributed by atoms with Gasteiger partial charge in [-0.15, -0.1) is 0 Å². The Morgan fingerprint density at radius 2 is 1.67 bits per heavy atom. The van der Waals surface area contributed by atoms with Gasteiger partial charge in [0, 0.05) is 5.02 Å². The van der Waals surface area contributed by atoms with E-state index in [1.807, 2.05) is 28.8 Å². The van der Waals surface area contributed by atoms with Crippen LogP contribution in [0.3, 0.4) is 0 Å². The van der Waals surface area contributed by atoms with Crippen LogP contribution in [0.15, 0.2) is 60.7 Å². The number of aliphatic hydroxyl groups excluding tert-OH is 1. The third-order valence-corrected chi connectivity index (χ3v) is 6.28. The molecular weight excluding hydrogens is 441 g/mol. The van der Waals surface area contributed by atoms with Crippen LogP contribution in [-0.2, 0) is 13.1 Å². The van der Waals surface area contributed by atoms with Crippen LogP contribution in [0.4, 0.5) is 0 Å². The van der Waals surface area contributed by atoms with Crippen molar-refractivity contribution in [1.82, 2.24) is 9.13 Å². The molecule has 30 heavy (non-hydrogen) atoms. The second kappa shape index (κ2) is 8.48. The molecule has 1 heterocycles. The van der Waals surface area contributed by atoms with Gasteiger partial charge in [-0.25, -0.2) is 0 Å². The number of imidazole rings is 1. The molecule has 0 aliphatic carbocycles. The van der Waals surface area contributed by atoms with Gasteiger partial charge in [0.1, 0.15) is 0 Å². The Bertz CT molecular complexity index is 1290. The summed E-state index contributed by atoms with van der Waals surface area (Å²) in [6, 6.07) is 18.7. The van der Waals surface area contributed by atoms with Gasteiger partial charge < -0.3 is 14.2 Å². The monoisotopic (exact) mass is 459 g/mol. The van der Waals surface area contributed by atoms with Gasteiger partial charge in [0.25, 0.3) is 0 Å². The van der Waals surface area contributed by atoms with Crippen LogP contribution in [0, 0.1) is 12.3 Å². The van der Waals surface area contributed by atoms with E-state index in [0.29, 0.717) is 27.2 Å². The predicted octanol–water partition coefficient (Wildman–Crippen LogP) is 5.97. The maximum Gasteiger partial charge on any atom is 0.203 e. The quantitative estimate of drug-likeness (QED) is 0.378. The molecule has 0 aliphatic heterocycles. The highest BCUT2D eigenvalue weighted by Gasteiger charge is 2.17. The lowest BCUT2D eigenvalue weighted by Crippen LogP contribution is -2.27. The van der Waals surface area contributed by atoms with E-state index in [9.17, 15) is 5.11 Å². The van der Waals surface area contributed by atoms with Crippen LogP contribution in [0.2, 0.25) is 15.1 Å². The molecule has 0 aliphatic rings. The summed E-state index contributed by atoms with van der Waals surface area (Å²) in [5, 5.41) is 21.1. The highest BCUT2D eigenvalue weighted by atomic mass is 35.5. The molecule has 0 fully saturated rings. The number of aryl methyl sites for hydroxylation is 1. The van der Waals surface area contributed by atoms with Crippen LogP contribution >= 0.6 is 34.8 Å². The zero-order valence-corrected chi connectivity index (χ0v) is 18.5. The summed E-state index contributed by atoms with van der Waals surface area (Å²) in [4.78, 5) is 0. The van der Waals surface area contributed by atoms with E-state index in [2.05, 4.69) is 19.1 Å².